The average molecular weight is 820 g/mol. The number of para-hydroxylation sites is 4. The van der Waals surface area contributed by atoms with Crippen LogP contribution in [0.5, 0.6) is 0 Å². The highest BCUT2D eigenvalue weighted by Gasteiger charge is 2.35. The molecule has 3 nitrogen and oxygen atoms in total. The third-order valence-electron chi connectivity index (χ3n) is 13.3. The zero-order valence-corrected chi connectivity index (χ0v) is 35.9. The summed E-state index contributed by atoms with van der Waals surface area (Å²) in [6.45, 7) is 4.71. The standard InChI is InChI=1S/C61H45N3/c1-61(2)56-28-16-14-26-52(56)53-37-36-50(40-57(53)61)62(45-20-6-3-7-21-45)48-33-31-43(32-34-48)55-39-51(63(46-22-8-4-9-23-46)47-24-10-5-11-25-47)41-59-60(55)54-27-15-17-29-58(54)64(59)49-35-30-42-18-12-13-19-44(42)38-49/h3-41H,1-2H3. The Morgan fingerprint density at radius 2 is 0.891 bits per heavy atom. The minimum atomic E-state index is -0.107. The molecule has 304 valence electrons. The van der Waals surface area contributed by atoms with Crippen molar-refractivity contribution in [3.63, 3.8) is 0 Å². The highest BCUT2D eigenvalue weighted by Crippen LogP contribution is 2.51. The first-order chi connectivity index (χ1) is 31.5. The zero-order chi connectivity index (χ0) is 42.8. The van der Waals surface area contributed by atoms with Gasteiger partial charge in [-0.25, -0.2) is 0 Å². The van der Waals surface area contributed by atoms with Crippen LogP contribution < -0.4 is 9.80 Å². The largest absolute Gasteiger partial charge is 0.310 e. The van der Waals surface area contributed by atoms with Crippen LogP contribution >= 0.6 is 0 Å². The summed E-state index contributed by atoms with van der Waals surface area (Å²) in [5, 5.41) is 4.88. The lowest BCUT2D eigenvalue weighted by molar-refractivity contribution is 0.660. The summed E-state index contributed by atoms with van der Waals surface area (Å²) >= 11 is 0. The van der Waals surface area contributed by atoms with Gasteiger partial charge >= 0.3 is 0 Å². The molecule has 0 spiro atoms. The van der Waals surface area contributed by atoms with E-state index < -0.39 is 0 Å². The van der Waals surface area contributed by atoms with E-state index in [2.05, 4.69) is 265 Å². The van der Waals surface area contributed by atoms with Gasteiger partial charge in [-0.05, 0) is 135 Å². The van der Waals surface area contributed by atoms with Gasteiger partial charge in [0.25, 0.3) is 0 Å². The molecule has 10 aromatic carbocycles. The molecule has 64 heavy (non-hydrogen) atoms. The maximum absolute atomic E-state index is 2.46. The molecule has 3 heteroatoms. The predicted molar refractivity (Wildman–Crippen MR) is 271 cm³/mol. The van der Waals surface area contributed by atoms with Gasteiger partial charge in [0, 0.05) is 56.0 Å². The Labute approximate surface area is 374 Å². The molecule has 1 aliphatic rings. The number of benzene rings is 10. The van der Waals surface area contributed by atoms with Crippen molar-refractivity contribution in [2.45, 2.75) is 19.3 Å². The molecule has 0 amide bonds. The molecule has 1 aliphatic carbocycles. The van der Waals surface area contributed by atoms with Crippen LogP contribution in [-0.4, -0.2) is 4.57 Å². The highest BCUT2D eigenvalue weighted by atomic mass is 15.1. The van der Waals surface area contributed by atoms with Gasteiger partial charge in [-0.1, -0.05) is 159 Å². The van der Waals surface area contributed by atoms with E-state index in [1.807, 2.05) is 0 Å². The van der Waals surface area contributed by atoms with Crippen molar-refractivity contribution in [3.8, 4) is 27.9 Å². The fraction of sp³-hybridized carbons (Fsp3) is 0.0492. The third-order valence-corrected chi connectivity index (χ3v) is 13.3. The number of hydrogen-bond acceptors (Lipinski definition) is 2. The fourth-order valence-electron chi connectivity index (χ4n) is 10.3. The monoisotopic (exact) mass is 819 g/mol. The molecule has 0 radical (unpaired) electrons. The second-order valence-corrected chi connectivity index (χ2v) is 17.4. The molecular weight excluding hydrogens is 775 g/mol. The highest BCUT2D eigenvalue weighted by molar-refractivity contribution is 6.17. The van der Waals surface area contributed by atoms with Crippen molar-refractivity contribution < 1.29 is 0 Å². The summed E-state index contributed by atoms with van der Waals surface area (Å²) in [5.41, 5.74) is 17.7. The number of hydrogen-bond donors (Lipinski definition) is 0. The number of aromatic nitrogens is 1. The van der Waals surface area contributed by atoms with Gasteiger partial charge in [0.1, 0.15) is 0 Å². The van der Waals surface area contributed by atoms with Gasteiger partial charge in [0.15, 0.2) is 0 Å². The van der Waals surface area contributed by atoms with Crippen LogP contribution in [0.2, 0.25) is 0 Å². The van der Waals surface area contributed by atoms with Crippen molar-refractivity contribution in [2.75, 3.05) is 9.80 Å². The molecule has 11 aromatic rings. The van der Waals surface area contributed by atoms with Gasteiger partial charge in [0.2, 0.25) is 0 Å². The first-order valence-corrected chi connectivity index (χ1v) is 22.2. The van der Waals surface area contributed by atoms with Crippen molar-refractivity contribution in [2.24, 2.45) is 0 Å². The zero-order valence-electron chi connectivity index (χ0n) is 35.9. The minimum Gasteiger partial charge on any atom is -0.310 e. The van der Waals surface area contributed by atoms with Crippen LogP contribution in [-0.2, 0) is 5.41 Å². The van der Waals surface area contributed by atoms with E-state index in [0.717, 1.165) is 50.9 Å². The Morgan fingerprint density at radius 1 is 0.344 bits per heavy atom. The SMILES string of the molecule is CC1(C)c2ccccc2-c2ccc(N(c3ccccc3)c3ccc(-c4cc(N(c5ccccc5)c5ccccc5)cc5c4c4ccccc4n5-c4ccc5ccccc5c4)cc3)cc21. The molecule has 0 saturated carbocycles. The van der Waals surface area contributed by atoms with E-state index >= 15 is 0 Å². The lowest BCUT2D eigenvalue weighted by Gasteiger charge is -2.28. The second kappa shape index (κ2) is 15.0. The summed E-state index contributed by atoms with van der Waals surface area (Å²) in [5.74, 6) is 0. The van der Waals surface area contributed by atoms with E-state index in [0.29, 0.717) is 0 Å². The topological polar surface area (TPSA) is 11.4 Å². The minimum absolute atomic E-state index is 0.107. The number of anilines is 6. The first kappa shape index (κ1) is 37.6. The number of rotatable bonds is 8. The maximum Gasteiger partial charge on any atom is 0.0568 e. The fourth-order valence-corrected chi connectivity index (χ4v) is 10.3. The van der Waals surface area contributed by atoms with Crippen LogP contribution in [0.15, 0.2) is 237 Å². The van der Waals surface area contributed by atoms with E-state index in [1.165, 1.54) is 54.9 Å². The van der Waals surface area contributed by atoms with Gasteiger partial charge in [-0.2, -0.15) is 0 Å². The smallest absolute Gasteiger partial charge is 0.0568 e. The number of nitrogens with zero attached hydrogens (tertiary/aromatic N) is 3. The predicted octanol–water partition coefficient (Wildman–Crippen LogP) is 16.8. The first-order valence-electron chi connectivity index (χ1n) is 22.2. The molecular formula is C61H45N3. The van der Waals surface area contributed by atoms with Gasteiger partial charge in [-0.3, -0.25) is 0 Å². The summed E-state index contributed by atoms with van der Waals surface area (Å²) < 4.78 is 2.46. The summed E-state index contributed by atoms with van der Waals surface area (Å²) in [4.78, 5) is 4.78. The van der Waals surface area contributed by atoms with Crippen LogP contribution in [0.25, 0.3) is 60.5 Å². The molecule has 0 unspecified atom stereocenters. The van der Waals surface area contributed by atoms with Gasteiger partial charge < -0.3 is 14.4 Å². The summed E-state index contributed by atoms with van der Waals surface area (Å²) in [7, 11) is 0. The molecule has 1 heterocycles. The van der Waals surface area contributed by atoms with E-state index in [-0.39, 0.29) is 5.41 Å². The molecule has 0 aliphatic heterocycles. The molecule has 0 fully saturated rings. The summed E-state index contributed by atoms with van der Waals surface area (Å²) in [6, 6.07) is 86.4. The maximum atomic E-state index is 2.46. The lowest BCUT2D eigenvalue weighted by Crippen LogP contribution is -2.16. The molecule has 12 rings (SSSR count). The van der Waals surface area contributed by atoms with Crippen LogP contribution in [0.1, 0.15) is 25.0 Å². The van der Waals surface area contributed by atoms with Crippen LogP contribution in [0, 0.1) is 0 Å². The van der Waals surface area contributed by atoms with Crippen molar-refractivity contribution >= 4 is 66.7 Å². The lowest BCUT2D eigenvalue weighted by atomic mass is 9.82. The third kappa shape index (κ3) is 6.12. The van der Waals surface area contributed by atoms with Crippen LogP contribution in [0.4, 0.5) is 34.1 Å². The van der Waals surface area contributed by atoms with Crippen LogP contribution in [0.3, 0.4) is 0 Å². The quantitative estimate of drug-likeness (QED) is 0.151. The molecule has 0 atom stereocenters. The Kier molecular flexibility index (Phi) is 8.84. The number of fused-ring (bicyclic) bond motifs is 7. The van der Waals surface area contributed by atoms with Crippen molar-refractivity contribution in [3.05, 3.63) is 248 Å². The molecule has 0 saturated heterocycles. The Bertz CT molecular complexity index is 3470. The summed E-state index contributed by atoms with van der Waals surface area (Å²) in [6.07, 6.45) is 0. The molecule has 0 N–H and O–H groups in total. The molecule has 0 bridgehead atoms. The second-order valence-electron chi connectivity index (χ2n) is 17.4. The van der Waals surface area contributed by atoms with Crippen molar-refractivity contribution in [1.82, 2.24) is 4.57 Å². The van der Waals surface area contributed by atoms with E-state index in [1.54, 1.807) is 0 Å². The molecule has 1 aromatic heterocycles. The van der Waals surface area contributed by atoms with Gasteiger partial charge in [-0.15, -0.1) is 0 Å². The normalized spacial score (nSPS) is 12.7. The Balaban J connectivity index is 1.07. The van der Waals surface area contributed by atoms with E-state index in [9.17, 15) is 0 Å². The Morgan fingerprint density at radius 3 is 1.59 bits per heavy atom. The van der Waals surface area contributed by atoms with E-state index in [4.69, 9.17) is 0 Å². The Hall–Kier alpha value is -8.14. The average Bonchev–Trinajstić information content (AvgIpc) is 3.80. The van der Waals surface area contributed by atoms with Gasteiger partial charge in [0.05, 0.1) is 11.0 Å². The van der Waals surface area contributed by atoms with Crippen molar-refractivity contribution in [1.29, 1.82) is 0 Å².